The zero-order valence-electron chi connectivity index (χ0n) is 13.8. The van der Waals surface area contributed by atoms with Gasteiger partial charge in [-0.2, -0.15) is 5.10 Å². The smallest absolute Gasteiger partial charge is 0.284 e. The van der Waals surface area contributed by atoms with Gasteiger partial charge in [0.05, 0.1) is 11.4 Å². The number of aromatic nitrogens is 5. The van der Waals surface area contributed by atoms with E-state index in [1.54, 1.807) is 4.57 Å². The van der Waals surface area contributed by atoms with Gasteiger partial charge in [-0.3, -0.25) is 9.36 Å². The van der Waals surface area contributed by atoms with Crippen LogP contribution >= 0.6 is 0 Å². The molecule has 0 spiro atoms. The Balaban J connectivity index is 2.18. The number of fused-ring (bicyclic) bond motifs is 1. The van der Waals surface area contributed by atoms with E-state index < -0.39 is 0 Å². The van der Waals surface area contributed by atoms with Gasteiger partial charge < -0.3 is 5.73 Å². The van der Waals surface area contributed by atoms with Crippen LogP contribution in [0.15, 0.2) is 53.8 Å². The van der Waals surface area contributed by atoms with Crippen LogP contribution in [-0.4, -0.2) is 24.3 Å². The summed E-state index contributed by atoms with van der Waals surface area (Å²) in [5.74, 6) is 0. The Labute approximate surface area is 143 Å². The first-order valence-corrected chi connectivity index (χ1v) is 7.80. The Morgan fingerprint density at radius 2 is 1.80 bits per heavy atom. The van der Waals surface area contributed by atoms with Crippen LogP contribution in [0.3, 0.4) is 0 Å². The molecule has 25 heavy (non-hydrogen) atoms. The standard InChI is InChI=1S/C18H16N6O/c1-11-3-6-13(7-4-11)24-17-14(8-5-12(2)22-17)15(19)16(18(24)25)23-10-20-9-21-23/h3-10H,19H2,1-2H3. The highest BCUT2D eigenvalue weighted by atomic mass is 16.1. The van der Waals surface area contributed by atoms with E-state index in [-0.39, 0.29) is 11.2 Å². The van der Waals surface area contributed by atoms with Crippen LogP contribution in [0.4, 0.5) is 5.69 Å². The molecule has 0 saturated carbocycles. The van der Waals surface area contributed by atoms with Crippen LogP contribution in [0, 0.1) is 13.8 Å². The predicted molar refractivity (Wildman–Crippen MR) is 96.1 cm³/mol. The number of anilines is 1. The zero-order chi connectivity index (χ0) is 17.6. The van der Waals surface area contributed by atoms with Crippen molar-refractivity contribution in [1.29, 1.82) is 0 Å². The van der Waals surface area contributed by atoms with E-state index >= 15 is 0 Å². The van der Waals surface area contributed by atoms with Gasteiger partial charge in [0.25, 0.3) is 5.56 Å². The minimum absolute atomic E-state index is 0.260. The minimum Gasteiger partial charge on any atom is -0.396 e. The lowest BCUT2D eigenvalue weighted by molar-refractivity contribution is 0.849. The van der Waals surface area contributed by atoms with E-state index in [4.69, 9.17) is 5.73 Å². The molecule has 3 heterocycles. The van der Waals surface area contributed by atoms with Crippen molar-refractivity contribution in [2.24, 2.45) is 0 Å². The number of benzene rings is 1. The molecule has 0 unspecified atom stereocenters. The Hall–Kier alpha value is -3.48. The average molecular weight is 332 g/mol. The van der Waals surface area contributed by atoms with Crippen LogP contribution in [0.5, 0.6) is 0 Å². The van der Waals surface area contributed by atoms with Crippen molar-refractivity contribution in [3.8, 4) is 11.4 Å². The molecule has 0 bridgehead atoms. The summed E-state index contributed by atoms with van der Waals surface area (Å²) >= 11 is 0. The Morgan fingerprint density at radius 3 is 2.48 bits per heavy atom. The van der Waals surface area contributed by atoms with Crippen LogP contribution in [0.2, 0.25) is 0 Å². The number of nitrogen functional groups attached to an aromatic ring is 1. The SMILES string of the molecule is Cc1ccc(-n2c(=O)c(-n3cncn3)c(N)c3ccc(C)nc32)cc1. The second kappa shape index (κ2) is 5.55. The summed E-state index contributed by atoms with van der Waals surface area (Å²) in [6.07, 6.45) is 2.83. The summed E-state index contributed by atoms with van der Waals surface area (Å²) in [5, 5.41) is 4.76. The van der Waals surface area contributed by atoms with Crippen molar-refractivity contribution in [1.82, 2.24) is 24.3 Å². The van der Waals surface area contributed by atoms with Crippen molar-refractivity contribution in [3.63, 3.8) is 0 Å². The van der Waals surface area contributed by atoms with Gasteiger partial charge in [0.2, 0.25) is 0 Å². The highest BCUT2D eigenvalue weighted by Gasteiger charge is 2.19. The molecule has 0 amide bonds. The number of hydrogen-bond donors (Lipinski definition) is 1. The molecule has 124 valence electrons. The largest absolute Gasteiger partial charge is 0.396 e. The average Bonchev–Trinajstić information content (AvgIpc) is 3.10. The molecule has 0 saturated heterocycles. The van der Waals surface area contributed by atoms with E-state index in [2.05, 4.69) is 15.1 Å². The zero-order valence-corrected chi connectivity index (χ0v) is 13.8. The third-order valence-corrected chi connectivity index (χ3v) is 4.12. The molecular weight excluding hydrogens is 316 g/mol. The van der Waals surface area contributed by atoms with Crippen LogP contribution < -0.4 is 11.3 Å². The van der Waals surface area contributed by atoms with E-state index in [9.17, 15) is 4.79 Å². The van der Waals surface area contributed by atoms with E-state index in [0.717, 1.165) is 16.9 Å². The second-order valence-corrected chi connectivity index (χ2v) is 5.90. The monoisotopic (exact) mass is 332 g/mol. The van der Waals surface area contributed by atoms with Gasteiger partial charge in [0.15, 0.2) is 5.69 Å². The fourth-order valence-corrected chi connectivity index (χ4v) is 2.85. The molecule has 0 aliphatic rings. The normalized spacial score (nSPS) is 11.1. The lowest BCUT2D eigenvalue weighted by Gasteiger charge is -2.15. The molecule has 0 aliphatic carbocycles. The molecule has 3 aromatic heterocycles. The first-order valence-electron chi connectivity index (χ1n) is 7.80. The molecule has 7 nitrogen and oxygen atoms in total. The number of pyridine rings is 2. The summed E-state index contributed by atoms with van der Waals surface area (Å²) in [5.41, 5.74) is 9.75. The number of hydrogen-bond acceptors (Lipinski definition) is 5. The topological polar surface area (TPSA) is 91.6 Å². The molecule has 0 fully saturated rings. The highest BCUT2D eigenvalue weighted by molar-refractivity contribution is 5.93. The Morgan fingerprint density at radius 1 is 1.04 bits per heavy atom. The molecule has 0 radical (unpaired) electrons. The lowest BCUT2D eigenvalue weighted by atomic mass is 10.1. The molecule has 4 rings (SSSR count). The first-order chi connectivity index (χ1) is 12.1. The molecule has 0 atom stereocenters. The van der Waals surface area contributed by atoms with Gasteiger partial charge in [-0.25, -0.2) is 14.6 Å². The Kier molecular flexibility index (Phi) is 3.35. The Bertz CT molecular complexity index is 1130. The first kappa shape index (κ1) is 15.1. The van der Waals surface area contributed by atoms with Crippen molar-refractivity contribution in [2.75, 3.05) is 5.73 Å². The summed E-state index contributed by atoms with van der Waals surface area (Å²) in [6, 6.07) is 11.4. The fraction of sp³-hybridized carbons (Fsp3) is 0.111. The number of rotatable bonds is 2. The van der Waals surface area contributed by atoms with E-state index in [0.29, 0.717) is 16.7 Å². The van der Waals surface area contributed by atoms with Crippen molar-refractivity contribution >= 4 is 16.7 Å². The van der Waals surface area contributed by atoms with E-state index in [1.807, 2.05) is 50.2 Å². The quantitative estimate of drug-likeness (QED) is 0.607. The second-order valence-electron chi connectivity index (χ2n) is 5.90. The van der Waals surface area contributed by atoms with Gasteiger partial charge in [-0.1, -0.05) is 17.7 Å². The lowest BCUT2D eigenvalue weighted by Crippen LogP contribution is -2.26. The molecule has 7 heteroatoms. The third-order valence-electron chi connectivity index (χ3n) is 4.12. The van der Waals surface area contributed by atoms with Crippen molar-refractivity contribution < 1.29 is 0 Å². The molecule has 0 aliphatic heterocycles. The third kappa shape index (κ3) is 2.37. The maximum absolute atomic E-state index is 13.3. The summed E-state index contributed by atoms with van der Waals surface area (Å²) in [4.78, 5) is 21.7. The molecule has 4 aromatic rings. The van der Waals surface area contributed by atoms with Gasteiger partial charge >= 0.3 is 0 Å². The van der Waals surface area contributed by atoms with Gasteiger partial charge in [0, 0.05) is 11.1 Å². The van der Waals surface area contributed by atoms with Crippen LogP contribution in [0.1, 0.15) is 11.3 Å². The minimum atomic E-state index is -0.294. The summed E-state index contributed by atoms with van der Waals surface area (Å²) < 4.78 is 2.96. The summed E-state index contributed by atoms with van der Waals surface area (Å²) in [6.45, 7) is 3.88. The molecule has 1 aromatic carbocycles. The van der Waals surface area contributed by atoms with Crippen molar-refractivity contribution in [2.45, 2.75) is 13.8 Å². The van der Waals surface area contributed by atoms with Crippen LogP contribution in [-0.2, 0) is 0 Å². The van der Waals surface area contributed by atoms with Gasteiger partial charge in [-0.15, -0.1) is 0 Å². The van der Waals surface area contributed by atoms with Gasteiger partial charge in [-0.05, 0) is 38.1 Å². The summed E-state index contributed by atoms with van der Waals surface area (Å²) in [7, 11) is 0. The maximum Gasteiger partial charge on any atom is 0.284 e. The van der Waals surface area contributed by atoms with Gasteiger partial charge in [0.1, 0.15) is 18.3 Å². The molecular formula is C18H16N6O. The number of aryl methyl sites for hydroxylation is 2. The maximum atomic E-state index is 13.3. The fourth-order valence-electron chi connectivity index (χ4n) is 2.85. The molecule has 2 N–H and O–H groups in total. The van der Waals surface area contributed by atoms with Crippen molar-refractivity contribution in [3.05, 3.63) is 70.7 Å². The number of nitrogens with zero attached hydrogens (tertiary/aromatic N) is 5. The highest BCUT2D eigenvalue weighted by Crippen LogP contribution is 2.25. The van der Waals surface area contributed by atoms with Crippen LogP contribution in [0.25, 0.3) is 22.4 Å². The number of nitrogens with two attached hydrogens (primary N) is 1. The van der Waals surface area contributed by atoms with E-state index in [1.165, 1.54) is 17.3 Å². The predicted octanol–water partition coefficient (Wildman–Crippen LogP) is 2.17.